The first-order valence-electron chi connectivity index (χ1n) is 4.52. The van der Waals surface area contributed by atoms with E-state index in [4.69, 9.17) is 5.11 Å². The molecule has 15 heavy (non-hydrogen) atoms. The van der Waals surface area contributed by atoms with Crippen LogP contribution in [0.1, 0.15) is 12.0 Å². The molecule has 0 saturated carbocycles. The molecule has 82 valence electrons. The van der Waals surface area contributed by atoms with Gasteiger partial charge < -0.3 is 9.67 Å². The van der Waals surface area contributed by atoms with Crippen molar-refractivity contribution in [1.82, 2.24) is 4.57 Å². The van der Waals surface area contributed by atoms with Crippen molar-refractivity contribution in [3.8, 4) is 0 Å². The molecule has 0 radical (unpaired) electrons. The number of hydrogen-bond acceptors (Lipinski definition) is 4. The molecule has 1 heterocycles. The molecule has 0 aliphatic rings. The zero-order valence-electron chi connectivity index (χ0n) is 8.34. The summed E-state index contributed by atoms with van der Waals surface area (Å²) >= 11 is 0. The number of aromatic nitrogens is 1. The van der Waals surface area contributed by atoms with Crippen LogP contribution in [0.15, 0.2) is 17.1 Å². The molecule has 6 nitrogen and oxygen atoms in total. The Kier molecular flexibility index (Phi) is 3.56. The van der Waals surface area contributed by atoms with Crippen LogP contribution in [0.4, 0.5) is 5.69 Å². The SMILES string of the molecule is Cc1cc(=O)n(CCCO)cc1[N+](=O)[O-]. The Balaban J connectivity index is 3.12. The van der Waals surface area contributed by atoms with Gasteiger partial charge in [-0.3, -0.25) is 14.9 Å². The van der Waals surface area contributed by atoms with Gasteiger partial charge in [0.2, 0.25) is 0 Å². The first kappa shape index (κ1) is 11.4. The summed E-state index contributed by atoms with van der Waals surface area (Å²) in [4.78, 5) is 21.5. The first-order chi connectivity index (χ1) is 7.06. The number of pyridine rings is 1. The molecule has 0 aliphatic carbocycles. The zero-order valence-corrected chi connectivity index (χ0v) is 8.34. The number of aryl methyl sites for hydroxylation is 2. The Labute approximate surface area is 85.9 Å². The lowest BCUT2D eigenvalue weighted by molar-refractivity contribution is -0.385. The molecule has 1 N–H and O–H groups in total. The number of aliphatic hydroxyl groups is 1. The van der Waals surface area contributed by atoms with Crippen LogP contribution in [-0.4, -0.2) is 21.2 Å². The van der Waals surface area contributed by atoms with Gasteiger partial charge in [-0.05, 0) is 13.3 Å². The molecule has 0 fully saturated rings. The van der Waals surface area contributed by atoms with Crippen LogP contribution in [0.25, 0.3) is 0 Å². The predicted octanol–water partition coefficient (Wildman–Crippen LogP) is 0.447. The molecule has 6 heteroatoms. The van der Waals surface area contributed by atoms with Gasteiger partial charge in [0.15, 0.2) is 0 Å². The number of hydrogen-bond donors (Lipinski definition) is 1. The monoisotopic (exact) mass is 212 g/mol. The summed E-state index contributed by atoms with van der Waals surface area (Å²) in [5, 5.41) is 19.2. The van der Waals surface area contributed by atoms with Crippen LogP contribution in [-0.2, 0) is 6.54 Å². The van der Waals surface area contributed by atoms with E-state index in [1.54, 1.807) is 0 Å². The highest BCUT2D eigenvalue weighted by Gasteiger charge is 2.12. The van der Waals surface area contributed by atoms with Crippen molar-refractivity contribution in [3.05, 3.63) is 38.3 Å². The fourth-order valence-electron chi connectivity index (χ4n) is 1.26. The van der Waals surface area contributed by atoms with E-state index in [2.05, 4.69) is 0 Å². The van der Waals surface area contributed by atoms with E-state index in [-0.39, 0.29) is 24.4 Å². The number of nitrogens with zero attached hydrogens (tertiary/aromatic N) is 2. The zero-order chi connectivity index (χ0) is 11.4. The maximum absolute atomic E-state index is 11.4. The quantitative estimate of drug-likeness (QED) is 0.579. The first-order valence-corrected chi connectivity index (χ1v) is 4.52. The van der Waals surface area contributed by atoms with E-state index in [0.29, 0.717) is 12.0 Å². The standard InChI is InChI=1S/C9H12N2O4/c1-7-5-9(13)10(3-2-4-12)6-8(7)11(14)15/h5-6,12H,2-4H2,1H3. The second-order valence-electron chi connectivity index (χ2n) is 3.21. The molecular formula is C9H12N2O4. The Morgan fingerprint density at radius 1 is 1.60 bits per heavy atom. The summed E-state index contributed by atoms with van der Waals surface area (Å²) in [5.74, 6) is 0. The third-order valence-electron chi connectivity index (χ3n) is 2.06. The van der Waals surface area contributed by atoms with Gasteiger partial charge in [0.1, 0.15) is 0 Å². The van der Waals surface area contributed by atoms with Gasteiger partial charge in [0.05, 0.1) is 11.1 Å². The van der Waals surface area contributed by atoms with Crippen molar-refractivity contribution in [3.63, 3.8) is 0 Å². The summed E-state index contributed by atoms with van der Waals surface area (Å²) in [7, 11) is 0. The summed E-state index contributed by atoms with van der Waals surface area (Å²) < 4.78 is 1.24. The molecule has 1 aromatic heterocycles. The lowest BCUT2D eigenvalue weighted by Crippen LogP contribution is -2.20. The molecule has 0 spiro atoms. The van der Waals surface area contributed by atoms with Crippen molar-refractivity contribution in [2.24, 2.45) is 0 Å². The average molecular weight is 212 g/mol. The van der Waals surface area contributed by atoms with Gasteiger partial charge in [-0.15, -0.1) is 0 Å². The summed E-state index contributed by atoms with van der Waals surface area (Å²) in [6.45, 7) is 1.76. The second kappa shape index (κ2) is 4.70. The summed E-state index contributed by atoms with van der Waals surface area (Å²) in [5.41, 5.74) is -0.00987. The molecule has 0 bridgehead atoms. The van der Waals surface area contributed by atoms with E-state index in [9.17, 15) is 14.9 Å². The number of aliphatic hydroxyl groups excluding tert-OH is 1. The van der Waals surface area contributed by atoms with Crippen LogP contribution in [0.2, 0.25) is 0 Å². The van der Waals surface area contributed by atoms with Gasteiger partial charge in [0, 0.05) is 24.8 Å². The Morgan fingerprint density at radius 2 is 2.27 bits per heavy atom. The third kappa shape index (κ3) is 2.63. The fraction of sp³-hybridized carbons (Fsp3) is 0.444. The molecule has 0 amide bonds. The van der Waals surface area contributed by atoms with Crippen molar-refractivity contribution in [1.29, 1.82) is 0 Å². The lowest BCUT2D eigenvalue weighted by Gasteiger charge is -2.04. The maximum Gasteiger partial charge on any atom is 0.288 e. The second-order valence-corrected chi connectivity index (χ2v) is 3.21. The van der Waals surface area contributed by atoms with Crippen molar-refractivity contribution in [2.75, 3.05) is 6.61 Å². The van der Waals surface area contributed by atoms with Crippen molar-refractivity contribution >= 4 is 5.69 Å². The van der Waals surface area contributed by atoms with Crippen LogP contribution < -0.4 is 5.56 Å². The van der Waals surface area contributed by atoms with Crippen LogP contribution in [0.5, 0.6) is 0 Å². The van der Waals surface area contributed by atoms with E-state index >= 15 is 0 Å². The molecule has 0 aromatic carbocycles. The predicted molar refractivity (Wildman–Crippen MR) is 53.8 cm³/mol. The van der Waals surface area contributed by atoms with Gasteiger partial charge >= 0.3 is 0 Å². The fourth-order valence-corrected chi connectivity index (χ4v) is 1.26. The van der Waals surface area contributed by atoms with E-state index in [1.807, 2.05) is 0 Å². The van der Waals surface area contributed by atoms with E-state index < -0.39 is 4.92 Å². The third-order valence-corrected chi connectivity index (χ3v) is 2.06. The molecule has 1 rings (SSSR count). The Morgan fingerprint density at radius 3 is 2.80 bits per heavy atom. The van der Waals surface area contributed by atoms with Gasteiger partial charge in [-0.2, -0.15) is 0 Å². The minimum absolute atomic E-state index is 0.0475. The molecule has 1 aromatic rings. The highest BCUT2D eigenvalue weighted by Crippen LogP contribution is 2.13. The molecule has 0 unspecified atom stereocenters. The highest BCUT2D eigenvalue weighted by molar-refractivity contribution is 5.35. The van der Waals surface area contributed by atoms with Crippen LogP contribution >= 0.6 is 0 Å². The summed E-state index contributed by atoms with van der Waals surface area (Å²) in [6, 6.07) is 1.23. The Bertz CT molecular complexity index is 425. The van der Waals surface area contributed by atoms with E-state index in [1.165, 1.54) is 23.8 Å². The lowest BCUT2D eigenvalue weighted by atomic mass is 10.2. The average Bonchev–Trinajstić information content (AvgIpc) is 2.16. The largest absolute Gasteiger partial charge is 0.396 e. The number of nitro groups is 1. The molecule has 0 atom stereocenters. The maximum atomic E-state index is 11.4. The highest BCUT2D eigenvalue weighted by atomic mass is 16.6. The molecule has 0 saturated heterocycles. The van der Waals surface area contributed by atoms with Gasteiger partial charge in [-0.25, -0.2) is 0 Å². The van der Waals surface area contributed by atoms with Gasteiger partial charge in [0.25, 0.3) is 11.2 Å². The van der Waals surface area contributed by atoms with Crippen LogP contribution in [0.3, 0.4) is 0 Å². The topological polar surface area (TPSA) is 85.4 Å². The normalized spacial score (nSPS) is 10.3. The minimum atomic E-state index is -0.524. The van der Waals surface area contributed by atoms with E-state index in [0.717, 1.165) is 0 Å². The minimum Gasteiger partial charge on any atom is -0.396 e. The van der Waals surface area contributed by atoms with Crippen LogP contribution in [0, 0.1) is 17.0 Å². The van der Waals surface area contributed by atoms with Crippen molar-refractivity contribution in [2.45, 2.75) is 19.9 Å². The van der Waals surface area contributed by atoms with Crippen molar-refractivity contribution < 1.29 is 10.0 Å². The molecular weight excluding hydrogens is 200 g/mol. The Hall–Kier alpha value is -1.69. The van der Waals surface area contributed by atoms with Gasteiger partial charge in [-0.1, -0.05) is 0 Å². The smallest absolute Gasteiger partial charge is 0.288 e. The number of rotatable bonds is 4. The summed E-state index contributed by atoms with van der Waals surface area (Å²) in [6.07, 6.45) is 1.62. The molecule has 0 aliphatic heterocycles.